The van der Waals surface area contributed by atoms with Crippen molar-refractivity contribution in [3.63, 3.8) is 0 Å². The van der Waals surface area contributed by atoms with Crippen LogP contribution >= 0.6 is 11.3 Å². The topological polar surface area (TPSA) is 58.6 Å². The smallest absolute Gasteiger partial charge is 0.252 e. The van der Waals surface area contributed by atoms with Crippen molar-refractivity contribution in [1.82, 2.24) is 9.62 Å². The van der Waals surface area contributed by atoms with E-state index in [9.17, 15) is 8.42 Å². The number of thiophene rings is 1. The van der Waals surface area contributed by atoms with Gasteiger partial charge in [0.25, 0.3) is 10.0 Å². The summed E-state index contributed by atoms with van der Waals surface area (Å²) in [4.78, 5) is 0. The number of nitrogens with zero attached hydrogens (tertiary/aromatic N) is 1. The molecule has 1 aliphatic carbocycles. The van der Waals surface area contributed by atoms with Crippen LogP contribution < -0.4 is 5.32 Å². The van der Waals surface area contributed by atoms with Crippen LogP contribution in [0.15, 0.2) is 15.7 Å². The summed E-state index contributed by atoms with van der Waals surface area (Å²) in [6.07, 6.45) is 3.25. The lowest BCUT2D eigenvalue weighted by Gasteiger charge is -2.33. The molecule has 21 heavy (non-hydrogen) atoms. The molecule has 1 saturated heterocycles. The van der Waals surface area contributed by atoms with Crippen molar-refractivity contribution in [2.45, 2.75) is 49.0 Å². The largest absolute Gasteiger partial charge is 0.378 e. The monoisotopic (exact) mass is 330 g/mol. The summed E-state index contributed by atoms with van der Waals surface area (Å²) in [5.41, 5.74) is 1.06. The molecule has 0 bridgehead atoms. The van der Waals surface area contributed by atoms with E-state index in [1.54, 1.807) is 4.31 Å². The summed E-state index contributed by atoms with van der Waals surface area (Å²) in [7, 11) is -3.38. The molecule has 1 aromatic rings. The molecular formula is C14H22N2O3S2. The average molecular weight is 330 g/mol. The molecule has 1 unspecified atom stereocenters. The summed E-state index contributed by atoms with van der Waals surface area (Å²) >= 11 is 1.32. The van der Waals surface area contributed by atoms with Gasteiger partial charge in [0.1, 0.15) is 4.21 Å². The number of morpholine rings is 1. The van der Waals surface area contributed by atoms with Crippen molar-refractivity contribution in [1.29, 1.82) is 0 Å². The minimum absolute atomic E-state index is 0.0427. The lowest BCUT2D eigenvalue weighted by Crippen LogP contribution is -2.48. The minimum atomic E-state index is -3.38. The highest BCUT2D eigenvalue weighted by molar-refractivity contribution is 7.91. The van der Waals surface area contributed by atoms with Crippen LogP contribution in [0.2, 0.25) is 0 Å². The van der Waals surface area contributed by atoms with Crippen molar-refractivity contribution in [3.8, 4) is 0 Å². The van der Waals surface area contributed by atoms with Crippen LogP contribution in [0.4, 0.5) is 0 Å². The molecule has 1 atom stereocenters. The molecule has 2 fully saturated rings. The summed E-state index contributed by atoms with van der Waals surface area (Å²) < 4.78 is 33.0. The van der Waals surface area contributed by atoms with Crippen molar-refractivity contribution in [2.24, 2.45) is 0 Å². The van der Waals surface area contributed by atoms with E-state index in [4.69, 9.17) is 4.74 Å². The third kappa shape index (κ3) is 3.48. The molecule has 5 nitrogen and oxygen atoms in total. The predicted octanol–water partition coefficient (Wildman–Crippen LogP) is 1.80. The highest BCUT2D eigenvalue weighted by Gasteiger charge is 2.34. The molecule has 3 rings (SSSR count). The van der Waals surface area contributed by atoms with Crippen molar-refractivity contribution >= 4 is 21.4 Å². The fourth-order valence-electron chi connectivity index (χ4n) is 2.52. The summed E-state index contributed by atoms with van der Waals surface area (Å²) in [6, 6.07) is 2.41. The quantitative estimate of drug-likeness (QED) is 0.864. The first-order valence-electron chi connectivity index (χ1n) is 7.51. The summed E-state index contributed by atoms with van der Waals surface area (Å²) in [6.45, 7) is 4.20. The van der Waals surface area contributed by atoms with Crippen LogP contribution in [-0.2, 0) is 21.3 Å². The van der Waals surface area contributed by atoms with E-state index in [-0.39, 0.29) is 6.04 Å². The molecule has 0 spiro atoms. The van der Waals surface area contributed by atoms with E-state index < -0.39 is 10.0 Å². The SMILES string of the molecule is CCC1COCCN1S(=O)(=O)c1cc(CNC2CC2)cs1. The van der Waals surface area contributed by atoms with E-state index in [0.29, 0.717) is 30.0 Å². The fraction of sp³-hybridized carbons (Fsp3) is 0.714. The van der Waals surface area contributed by atoms with Gasteiger partial charge in [0.2, 0.25) is 0 Å². The van der Waals surface area contributed by atoms with Gasteiger partial charge in [-0.25, -0.2) is 8.42 Å². The van der Waals surface area contributed by atoms with Gasteiger partial charge in [0.05, 0.1) is 13.2 Å². The Morgan fingerprint density at radius 3 is 3.00 bits per heavy atom. The highest BCUT2D eigenvalue weighted by atomic mass is 32.2. The van der Waals surface area contributed by atoms with Gasteiger partial charge >= 0.3 is 0 Å². The van der Waals surface area contributed by atoms with Gasteiger partial charge in [-0.05, 0) is 36.3 Å². The molecule has 1 N–H and O–H groups in total. The zero-order valence-corrected chi connectivity index (χ0v) is 13.9. The van der Waals surface area contributed by atoms with Crippen LogP contribution in [0.3, 0.4) is 0 Å². The van der Waals surface area contributed by atoms with Crippen molar-refractivity contribution in [3.05, 3.63) is 17.0 Å². The molecule has 2 aliphatic rings. The Kier molecular flexibility index (Phi) is 4.66. The second-order valence-electron chi connectivity index (χ2n) is 5.68. The maximum Gasteiger partial charge on any atom is 0.252 e. The maximum absolute atomic E-state index is 12.8. The molecular weight excluding hydrogens is 308 g/mol. The average Bonchev–Trinajstić information content (AvgIpc) is 3.20. The maximum atomic E-state index is 12.8. The third-order valence-corrected chi connectivity index (χ3v) is 7.43. The van der Waals surface area contributed by atoms with Crippen LogP contribution in [0.25, 0.3) is 0 Å². The van der Waals surface area contributed by atoms with Crippen LogP contribution in [0, 0.1) is 0 Å². The molecule has 0 amide bonds. The lowest BCUT2D eigenvalue weighted by atomic mass is 10.2. The highest BCUT2D eigenvalue weighted by Crippen LogP contribution is 2.28. The van der Waals surface area contributed by atoms with Gasteiger partial charge < -0.3 is 10.1 Å². The van der Waals surface area contributed by atoms with Crippen molar-refractivity contribution in [2.75, 3.05) is 19.8 Å². The number of hydrogen-bond acceptors (Lipinski definition) is 5. The zero-order chi connectivity index (χ0) is 14.9. The number of hydrogen-bond donors (Lipinski definition) is 1. The standard InChI is InChI=1S/C14H22N2O3S2/c1-2-13-9-19-6-5-16(13)21(17,18)14-7-11(10-20-14)8-15-12-3-4-12/h7,10,12-13,15H,2-6,8-9H2,1H3. The molecule has 1 saturated carbocycles. The number of ether oxygens (including phenoxy) is 1. The Balaban J connectivity index is 1.73. The van der Waals surface area contributed by atoms with E-state index in [1.165, 1.54) is 24.2 Å². The van der Waals surface area contributed by atoms with Crippen LogP contribution in [0.1, 0.15) is 31.7 Å². The first kappa shape index (κ1) is 15.4. The van der Waals surface area contributed by atoms with Gasteiger partial charge in [-0.2, -0.15) is 4.31 Å². The Bertz CT molecular complexity index is 581. The lowest BCUT2D eigenvalue weighted by molar-refractivity contribution is 0.0315. The van der Waals surface area contributed by atoms with E-state index >= 15 is 0 Å². The van der Waals surface area contributed by atoms with Crippen molar-refractivity contribution < 1.29 is 13.2 Å². The van der Waals surface area contributed by atoms with Gasteiger partial charge in [-0.15, -0.1) is 11.3 Å². The molecule has 2 heterocycles. The Hall–Kier alpha value is -0.470. The molecule has 0 radical (unpaired) electrons. The number of nitrogens with one attached hydrogen (secondary N) is 1. The Morgan fingerprint density at radius 2 is 2.29 bits per heavy atom. The Morgan fingerprint density at radius 1 is 1.48 bits per heavy atom. The molecule has 1 aromatic heterocycles. The first-order chi connectivity index (χ1) is 10.1. The number of sulfonamides is 1. The normalized spacial score (nSPS) is 24.3. The van der Waals surface area contributed by atoms with Gasteiger partial charge in [-0.1, -0.05) is 6.92 Å². The Labute approximate surface area is 130 Å². The second kappa shape index (κ2) is 6.34. The third-order valence-electron chi connectivity index (χ3n) is 4.01. The fourth-order valence-corrected chi connectivity index (χ4v) is 5.53. The molecule has 0 aromatic carbocycles. The van der Waals surface area contributed by atoms with Gasteiger partial charge in [0, 0.05) is 25.2 Å². The summed E-state index contributed by atoms with van der Waals surface area (Å²) in [5.74, 6) is 0. The molecule has 1 aliphatic heterocycles. The van der Waals surface area contributed by atoms with Gasteiger partial charge in [0.15, 0.2) is 0 Å². The minimum Gasteiger partial charge on any atom is -0.378 e. The number of rotatable bonds is 6. The van der Waals surface area contributed by atoms with Gasteiger partial charge in [-0.3, -0.25) is 0 Å². The molecule has 118 valence electrons. The predicted molar refractivity (Wildman–Crippen MR) is 83.0 cm³/mol. The molecule has 7 heteroatoms. The summed E-state index contributed by atoms with van der Waals surface area (Å²) in [5, 5.41) is 5.36. The zero-order valence-electron chi connectivity index (χ0n) is 12.2. The van der Waals surface area contributed by atoms with Crippen LogP contribution in [-0.4, -0.2) is 44.6 Å². The van der Waals surface area contributed by atoms with Crippen LogP contribution in [0.5, 0.6) is 0 Å². The van der Waals surface area contributed by atoms with E-state index in [2.05, 4.69) is 5.32 Å². The van der Waals surface area contributed by atoms with E-state index in [1.807, 2.05) is 18.4 Å². The second-order valence-corrected chi connectivity index (χ2v) is 8.71. The first-order valence-corrected chi connectivity index (χ1v) is 9.83. The van der Waals surface area contributed by atoms with E-state index in [0.717, 1.165) is 18.5 Å².